The molecule has 0 bridgehead atoms. The molecule has 0 aliphatic rings. The summed E-state index contributed by atoms with van der Waals surface area (Å²) in [6, 6.07) is 7.51. The predicted molar refractivity (Wildman–Crippen MR) is 71.4 cm³/mol. The molecule has 1 unspecified atom stereocenters. The third kappa shape index (κ3) is 2.84. The van der Waals surface area contributed by atoms with Gasteiger partial charge < -0.3 is 4.74 Å². The summed E-state index contributed by atoms with van der Waals surface area (Å²) in [6.07, 6.45) is 1.60. The zero-order valence-corrected chi connectivity index (χ0v) is 11.0. The highest BCUT2D eigenvalue weighted by Gasteiger charge is 2.18. The van der Waals surface area contributed by atoms with E-state index >= 15 is 0 Å². The molecule has 100 valence electrons. The van der Waals surface area contributed by atoms with Gasteiger partial charge in [0.25, 0.3) is 0 Å². The van der Waals surface area contributed by atoms with E-state index in [0.717, 1.165) is 0 Å². The third-order valence-corrected chi connectivity index (χ3v) is 3.06. The molecule has 6 heteroatoms. The van der Waals surface area contributed by atoms with Crippen molar-refractivity contribution in [2.45, 2.75) is 6.04 Å². The van der Waals surface area contributed by atoms with Crippen molar-refractivity contribution in [3.8, 4) is 5.75 Å². The molecule has 2 rings (SSSR count). The van der Waals surface area contributed by atoms with E-state index in [1.54, 1.807) is 24.4 Å². The number of methoxy groups -OCH3 is 1. The number of halogens is 2. The molecule has 0 aliphatic heterocycles. The number of nitrogens with two attached hydrogens (primary N) is 1. The van der Waals surface area contributed by atoms with Gasteiger partial charge in [-0.1, -0.05) is 17.7 Å². The van der Waals surface area contributed by atoms with Crippen LogP contribution in [0, 0.1) is 5.82 Å². The Kier molecular flexibility index (Phi) is 4.31. The maximum Gasteiger partial charge on any atom is 0.165 e. The number of rotatable bonds is 4. The summed E-state index contributed by atoms with van der Waals surface area (Å²) in [5.74, 6) is 5.23. The fourth-order valence-electron chi connectivity index (χ4n) is 1.81. The van der Waals surface area contributed by atoms with E-state index in [1.165, 1.54) is 19.2 Å². The Labute approximate surface area is 115 Å². The third-order valence-electron chi connectivity index (χ3n) is 2.74. The molecule has 0 saturated heterocycles. The van der Waals surface area contributed by atoms with E-state index in [-0.39, 0.29) is 5.75 Å². The number of ether oxygens (including phenoxy) is 1. The van der Waals surface area contributed by atoms with E-state index in [9.17, 15) is 4.39 Å². The highest BCUT2D eigenvalue weighted by atomic mass is 35.5. The first-order chi connectivity index (χ1) is 9.17. The zero-order chi connectivity index (χ0) is 13.8. The van der Waals surface area contributed by atoms with Crippen molar-refractivity contribution in [2.75, 3.05) is 7.11 Å². The second-order valence-corrected chi connectivity index (χ2v) is 4.27. The van der Waals surface area contributed by atoms with Gasteiger partial charge in [-0.15, -0.1) is 0 Å². The highest BCUT2D eigenvalue weighted by molar-refractivity contribution is 6.31. The van der Waals surface area contributed by atoms with Crippen molar-refractivity contribution in [3.05, 3.63) is 58.6 Å². The molecule has 0 fully saturated rings. The van der Waals surface area contributed by atoms with Crippen molar-refractivity contribution in [3.63, 3.8) is 0 Å². The fourth-order valence-corrected chi connectivity index (χ4v) is 2.04. The summed E-state index contributed by atoms with van der Waals surface area (Å²) < 4.78 is 18.6. The molecule has 2 aromatic rings. The smallest absolute Gasteiger partial charge is 0.165 e. The Morgan fingerprint density at radius 3 is 2.79 bits per heavy atom. The summed E-state index contributed by atoms with van der Waals surface area (Å²) in [5.41, 5.74) is 3.74. The molecule has 1 heterocycles. The molecule has 3 N–H and O–H groups in total. The molecule has 0 spiro atoms. The van der Waals surface area contributed by atoms with Crippen LogP contribution in [0.5, 0.6) is 5.75 Å². The second kappa shape index (κ2) is 5.97. The second-order valence-electron chi connectivity index (χ2n) is 3.86. The van der Waals surface area contributed by atoms with E-state index in [1.807, 2.05) is 0 Å². The molecule has 1 atom stereocenters. The minimum atomic E-state index is -0.492. The molecule has 0 aliphatic carbocycles. The lowest BCUT2D eigenvalue weighted by molar-refractivity contribution is 0.385. The van der Waals surface area contributed by atoms with E-state index in [0.29, 0.717) is 16.3 Å². The highest BCUT2D eigenvalue weighted by Crippen LogP contribution is 2.28. The number of nitrogens with one attached hydrogen (secondary N) is 1. The van der Waals surface area contributed by atoms with E-state index in [2.05, 4.69) is 10.4 Å². The molecule has 0 amide bonds. The van der Waals surface area contributed by atoms with Crippen molar-refractivity contribution in [2.24, 2.45) is 5.84 Å². The maximum absolute atomic E-state index is 13.7. The van der Waals surface area contributed by atoms with Crippen LogP contribution in [0.25, 0.3) is 0 Å². The summed E-state index contributed by atoms with van der Waals surface area (Å²) in [6.45, 7) is 0. The van der Waals surface area contributed by atoms with Crippen LogP contribution in [-0.2, 0) is 0 Å². The van der Waals surface area contributed by atoms with Crippen molar-refractivity contribution in [1.29, 1.82) is 0 Å². The average molecular weight is 282 g/mol. The summed E-state index contributed by atoms with van der Waals surface area (Å²) in [5, 5.41) is 0.460. The number of benzene rings is 1. The molecule has 0 radical (unpaired) electrons. The zero-order valence-electron chi connectivity index (χ0n) is 10.2. The van der Waals surface area contributed by atoms with Gasteiger partial charge in [0.05, 0.1) is 23.9 Å². The summed E-state index contributed by atoms with van der Waals surface area (Å²) in [7, 11) is 1.41. The van der Waals surface area contributed by atoms with Gasteiger partial charge in [0.1, 0.15) is 0 Å². The average Bonchev–Trinajstić information content (AvgIpc) is 2.42. The van der Waals surface area contributed by atoms with Crippen LogP contribution in [0.2, 0.25) is 5.02 Å². The fraction of sp³-hybridized carbons (Fsp3) is 0.154. The van der Waals surface area contributed by atoms with Gasteiger partial charge in [0.15, 0.2) is 11.6 Å². The van der Waals surface area contributed by atoms with E-state index in [4.69, 9.17) is 22.2 Å². The first-order valence-corrected chi connectivity index (χ1v) is 5.95. The standard InChI is InChI=1S/C13H13ClFN3O/c1-19-11-5-4-8(7-10(11)15)12(18-16)13-9(14)3-2-6-17-13/h2-7,12,18H,16H2,1H3. The molecule has 1 aromatic heterocycles. The van der Waals surface area contributed by atoms with Crippen LogP contribution >= 0.6 is 11.6 Å². The van der Waals surface area contributed by atoms with Crippen LogP contribution < -0.4 is 16.0 Å². The quantitative estimate of drug-likeness (QED) is 0.667. The number of hydrogen-bond acceptors (Lipinski definition) is 4. The van der Waals surface area contributed by atoms with Crippen molar-refractivity contribution in [1.82, 2.24) is 10.4 Å². The van der Waals surface area contributed by atoms with Gasteiger partial charge in [-0.05, 0) is 29.8 Å². The van der Waals surface area contributed by atoms with Gasteiger partial charge in [0, 0.05) is 6.20 Å². The molecule has 0 saturated carbocycles. The number of hydrazine groups is 1. The molecular weight excluding hydrogens is 269 g/mol. The first-order valence-electron chi connectivity index (χ1n) is 5.57. The van der Waals surface area contributed by atoms with Crippen LogP contribution in [0.1, 0.15) is 17.3 Å². The molecule has 1 aromatic carbocycles. The Bertz CT molecular complexity index is 580. The number of hydrogen-bond donors (Lipinski definition) is 2. The van der Waals surface area contributed by atoms with Crippen molar-refractivity contribution >= 4 is 11.6 Å². The largest absolute Gasteiger partial charge is 0.494 e. The van der Waals surface area contributed by atoms with Crippen molar-refractivity contribution < 1.29 is 9.13 Å². The van der Waals surface area contributed by atoms with Crippen LogP contribution in [0.3, 0.4) is 0 Å². The van der Waals surface area contributed by atoms with Crippen LogP contribution in [0.15, 0.2) is 36.5 Å². The minimum absolute atomic E-state index is 0.173. The lowest BCUT2D eigenvalue weighted by Gasteiger charge is -2.17. The van der Waals surface area contributed by atoms with Gasteiger partial charge in [0.2, 0.25) is 0 Å². The SMILES string of the molecule is COc1ccc(C(NN)c2ncccc2Cl)cc1F. The normalized spacial score (nSPS) is 12.2. The Morgan fingerprint density at radius 1 is 1.42 bits per heavy atom. The van der Waals surface area contributed by atoms with Crippen LogP contribution in [0.4, 0.5) is 4.39 Å². The molecule has 4 nitrogen and oxygen atoms in total. The van der Waals surface area contributed by atoms with Gasteiger partial charge in [-0.2, -0.15) is 0 Å². The lowest BCUT2D eigenvalue weighted by Crippen LogP contribution is -2.29. The Balaban J connectivity index is 2.43. The van der Waals surface area contributed by atoms with Gasteiger partial charge in [-0.25, -0.2) is 9.82 Å². The Morgan fingerprint density at radius 2 is 2.21 bits per heavy atom. The number of nitrogens with zero attached hydrogens (tertiary/aromatic N) is 1. The predicted octanol–water partition coefficient (Wildman–Crippen LogP) is 2.44. The number of aromatic nitrogens is 1. The maximum atomic E-state index is 13.7. The monoisotopic (exact) mass is 281 g/mol. The summed E-state index contributed by atoms with van der Waals surface area (Å²) in [4.78, 5) is 4.17. The van der Waals surface area contributed by atoms with Crippen LogP contribution in [-0.4, -0.2) is 12.1 Å². The van der Waals surface area contributed by atoms with Gasteiger partial charge >= 0.3 is 0 Å². The Hall–Kier alpha value is -1.69. The molecule has 19 heavy (non-hydrogen) atoms. The topological polar surface area (TPSA) is 60.2 Å². The van der Waals surface area contributed by atoms with Gasteiger partial charge in [-0.3, -0.25) is 10.8 Å². The lowest BCUT2D eigenvalue weighted by atomic mass is 10.0. The minimum Gasteiger partial charge on any atom is -0.494 e. The van der Waals surface area contributed by atoms with E-state index < -0.39 is 11.9 Å². The number of pyridine rings is 1. The summed E-state index contributed by atoms with van der Waals surface area (Å²) >= 11 is 6.07. The molecular formula is C13H13ClFN3O. The first kappa shape index (κ1) is 13.7.